The highest BCUT2D eigenvalue weighted by molar-refractivity contribution is 9.10. The molecule has 0 bridgehead atoms. The molecule has 136 valence electrons. The fourth-order valence-electron chi connectivity index (χ4n) is 2.57. The number of nitrogens with zero attached hydrogens (tertiary/aromatic N) is 3. The van der Waals surface area contributed by atoms with Crippen molar-refractivity contribution in [2.24, 2.45) is 0 Å². The van der Waals surface area contributed by atoms with E-state index in [2.05, 4.69) is 71.3 Å². The Bertz CT molecular complexity index is 914. The Labute approximate surface area is 167 Å². The predicted molar refractivity (Wildman–Crippen MR) is 110 cm³/mol. The van der Waals surface area contributed by atoms with Crippen LogP contribution in [0, 0.1) is 6.92 Å². The fraction of sp³-hybridized carbons (Fsp3) is 0.300. The van der Waals surface area contributed by atoms with Gasteiger partial charge in [-0.2, -0.15) is 0 Å². The van der Waals surface area contributed by atoms with Crippen LogP contribution in [0.1, 0.15) is 31.9 Å². The molecule has 0 atom stereocenters. The van der Waals surface area contributed by atoms with Crippen LogP contribution < -0.4 is 4.74 Å². The summed E-state index contributed by atoms with van der Waals surface area (Å²) in [5, 5.41) is 9.46. The molecule has 0 fully saturated rings. The van der Waals surface area contributed by atoms with Gasteiger partial charge in [0.05, 0.1) is 7.11 Å². The van der Waals surface area contributed by atoms with Crippen molar-refractivity contribution >= 4 is 27.7 Å². The van der Waals surface area contributed by atoms with Gasteiger partial charge in [-0.05, 0) is 63.7 Å². The van der Waals surface area contributed by atoms with Gasteiger partial charge in [0.2, 0.25) is 0 Å². The summed E-state index contributed by atoms with van der Waals surface area (Å²) in [7, 11) is 1.66. The van der Waals surface area contributed by atoms with E-state index < -0.39 is 0 Å². The second-order valence-electron chi connectivity index (χ2n) is 7.15. The lowest BCUT2D eigenvalue weighted by Gasteiger charge is -2.18. The number of ether oxygens (including phenoxy) is 1. The molecule has 2 aromatic carbocycles. The Morgan fingerprint density at radius 1 is 1.08 bits per heavy atom. The van der Waals surface area contributed by atoms with Gasteiger partial charge in [0.15, 0.2) is 5.03 Å². The topological polar surface area (TPSA) is 39.9 Å². The fourth-order valence-corrected chi connectivity index (χ4v) is 3.90. The number of benzene rings is 2. The maximum absolute atomic E-state index is 5.47. The van der Waals surface area contributed by atoms with Crippen molar-refractivity contribution in [3.05, 3.63) is 58.2 Å². The molecule has 0 N–H and O–H groups in total. The summed E-state index contributed by atoms with van der Waals surface area (Å²) in [6, 6.07) is 14.6. The van der Waals surface area contributed by atoms with Gasteiger partial charge in [-0.3, -0.25) is 0 Å². The zero-order valence-corrected chi connectivity index (χ0v) is 18.0. The van der Waals surface area contributed by atoms with Gasteiger partial charge in [-0.15, -0.1) is 5.10 Å². The Hall–Kier alpha value is -1.79. The third kappa shape index (κ3) is 3.96. The molecule has 0 aliphatic rings. The first-order chi connectivity index (χ1) is 12.3. The average Bonchev–Trinajstić information content (AvgIpc) is 2.95. The van der Waals surface area contributed by atoms with Gasteiger partial charge in [-0.1, -0.05) is 55.9 Å². The average molecular weight is 432 g/mol. The molecule has 6 heteroatoms. The van der Waals surface area contributed by atoms with Gasteiger partial charge in [0, 0.05) is 4.90 Å². The number of hydrogen-bond donors (Lipinski definition) is 0. The van der Waals surface area contributed by atoms with E-state index in [1.54, 1.807) is 23.6 Å². The summed E-state index contributed by atoms with van der Waals surface area (Å²) in [5.74, 6) is 0.757. The van der Waals surface area contributed by atoms with Gasteiger partial charge < -0.3 is 4.74 Å². The van der Waals surface area contributed by atoms with Crippen molar-refractivity contribution in [2.45, 2.75) is 43.0 Å². The minimum Gasteiger partial charge on any atom is -0.494 e. The molecule has 3 aromatic rings. The third-order valence-electron chi connectivity index (χ3n) is 4.08. The van der Waals surface area contributed by atoms with E-state index in [0.717, 1.165) is 31.5 Å². The highest BCUT2D eigenvalue weighted by atomic mass is 79.9. The smallest absolute Gasteiger partial charge is 0.158 e. The molecule has 4 nitrogen and oxygen atoms in total. The number of halogens is 1. The van der Waals surface area contributed by atoms with Crippen molar-refractivity contribution in [3.63, 3.8) is 0 Å². The summed E-state index contributed by atoms with van der Waals surface area (Å²) in [4.78, 5) is 1.13. The number of aromatic nitrogens is 3. The largest absolute Gasteiger partial charge is 0.494 e. The maximum Gasteiger partial charge on any atom is 0.158 e. The highest BCUT2D eigenvalue weighted by Crippen LogP contribution is 2.35. The second-order valence-corrected chi connectivity index (χ2v) is 8.96. The zero-order chi connectivity index (χ0) is 18.9. The molecule has 1 heterocycles. The van der Waals surface area contributed by atoms with E-state index in [0.29, 0.717) is 0 Å². The van der Waals surface area contributed by atoms with Crippen LogP contribution in [0.25, 0.3) is 5.69 Å². The number of rotatable bonds is 4. The summed E-state index contributed by atoms with van der Waals surface area (Å²) in [6.45, 7) is 8.69. The van der Waals surface area contributed by atoms with E-state index in [-0.39, 0.29) is 5.41 Å². The van der Waals surface area contributed by atoms with Crippen LogP contribution in [0.5, 0.6) is 5.75 Å². The minimum absolute atomic E-state index is 0.147. The molecule has 0 amide bonds. The molecule has 0 saturated heterocycles. The number of aryl methyl sites for hydroxylation is 1. The zero-order valence-electron chi connectivity index (χ0n) is 15.6. The molecule has 26 heavy (non-hydrogen) atoms. The quantitative estimate of drug-likeness (QED) is 0.523. The van der Waals surface area contributed by atoms with Gasteiger partial charge in [0.1, 0.15) is 16.0 Å². The Morgan fingerprint density at radius 2 is 1.77 bits per heavy atom. The van der Waals surface area contributed by atoms with Crippen molar-refractivity contribution in [1.29, 1.82) is 0 Å². The monoisotopic (exact) mass is 431 g/mol. The van der Waals surface area contributed by atoms with E-state index in [1.165, 1.54) is 5.56 Å². The molecule has 0 spiro atoms. The molecule has 3 rings (SSSR count). The Morgan fingerprint density at radius 3 is 2.38 bits per heavy atom. The molecular weight excluding hydrogens is 410 g/mol. The van der Waals surface area contributed by atoms with Gasteiger partial charge in [0.25, 0.3) is 0 Å². The molecule has 0 saturated carbocycles. The lowest BCUT2D eigenvalue weighted by molar-refractivity contribution is 0.411. The summed E-state index contributed by atoms with van der Waals surface area (Å²) < 4.78 is 8.04. The van der Waals surface area contributed by atoms with E-state index in [1.807, 2.05) is 25.1 Å². The number of hydrogen-bond acceptors (Lipinski definition) is 4. The van der Waals surface area contributed by atoms with E-state index >= 15 is 0 Å². The second kappa shape index (κ2) is 7.45. The molecule has 0 aliphatic carbocycles. The van der Waals surface area contributed by atoms with Gasteiger partial charge in [-0.25, -0.2) is 4.68 Å². The van der Waals surface area contributed by atoms with Crippen LogP contribution in [0.4, 0.5) is 0 Å². The van der Waals surface area contributed by atoms with Crippen LogP contribution in [-0.2, 0) is 5.41 Å². The lowest BCUT2D eigenvalue weighted by atomic mass is 9.87. The van der Waals surface area contributed by atoms with Crippen LogP contribution in [0.3, 0.4) is 0 Å². The molecule has 1 aromatic heterocycles. The standard InChI is InChI=1S/C20H22BrN3OS/c1-13-6-11-17(25-5)16(12-13)24-18(21)19(22-23-24)26-15-9-7-14(8-10-15)20(2,3)4/h6-12H,1-5H3. The normalized spacial score (nSPS) is 11.6. The van der Waals surface area contributed by atoms with Crippen LogP contribution in [0.2, 0.25) is 0 Å². The van der Waals surface area contributed by atoms with Crippen molar-refractivity contribution < 1.29 is 4.74 Å². The molecule has 0 radical (unpaired) electrons. The summed E-state index contributed by atoms with van der Waals surface area (Å²) in [5.41, 5.74) is 3.46. The van der Waals surface area contributed by atoms with E-state index in [9.17, 15) is 0 Å². The van der Waals surface area contributed by atoms with Crippen LogP contribution >= 0.6 is 27.7 Å². The maximum atomic E-state index is 5.47. The first-order valence-corrected chi connectivity index (χ1v) is 9.95. The van der Waals surface area contributed by atoms with Crippen molar-refractivity contribution in [2.75, 3.05) is 7.11 Å². The minimum atomic E-state index is 0.147. The summed E-state index contributed by atoms with van der Waals surface area (Å²) in [6.07, 6.45) is 0. The molecule has 0 unspecified atom stereocenters. The molecular formula is C20H22BrN3OS. The van der Waals surface area contributed by atoms with Crippen LogP contribution in [-0.4, -0.2) is 22.1 Å². The number of methoxy groups -OCH3 is 1. The Kier molecular flexibility index (Phi) is 5.44. The third-order valence-corrected chi connectivity index (χ3v) is 6.03. The summed E-state index contributed by atoms with van der Waals surface area (Å²) >= 11 is 5.23. The first kappa shape index (κ1) is 19.0. The van der Waals surface area contributed by atoms with Crippen molar-refractivity contribution in [3.8, 4) is 11.4 Å². The van der Waals surface area contributed by atoms with Gasteiger partial charge >= 0.3 is 0 Å². The van der Waals surface area contributed by atoms with Crippen LogP contribution in [0.15, 0.2) is 57.0 Å². The molecule has 0 aliphatic heterocycles. The first-order valence-electron chi connectivity index (χ1n) is 8.34. The SMILES string of the molecule is COc1ccc(C)cc1-n1nnc(Sc2ccc(C(C)(C)C)cc2)c1Br. The Balaban J connectivity index is 1.89. The highest BCUT2D eigenvalue weighted by Gasteiger charge is 2.17. The lowest BCUT2D eigenvalue weighted by Crippen LogP contribution is -2.10. The van der Waals surface area contributed by atoms with E-state index in [4.69, 9.17) is 4.74 Å². The predicted octanol–water partition coefficient (Wildman–Crippen LogP) is 5.80. The van der Waals surface area contributed by atoms with Crippen molar-refractivity contribution in [1.82, 2.24) is 15.0 Å².